The predicted octanol–water partition coefficient (Wildman–Crippen LogP) is 5.61. The second-order valence-electron chi connectivity index (χ2n) is 7.99. The number of carbonyl (C=O) groups is 1. The first-order valence-corrected chi connectivity index (χ1v) is 10.8. The Hall–Kier alpha value is -3.66. The maximum atomic E-state index is 13.3. The summed E-state index contributed by atoms with van der Waals surface area (Å²) in [5.41, 5.74) is 6.26. The quantitative estimate of drug-likeness (QED) is 0.478. The lowest BCUT2D eigenvalue weighted by Gasteiger charge is -2.30. The normalized spacial score (nSPS) is 13.1. The average molecular weight is 408 g/mol. The zero-order valence-corrected chi connectivity index (χ0v) is 17.6. The van der Waals surface area contributed by atoms with Gasteiger partial charge in [0, 0.05) is 24.2 Å². The number of nitrogens with one attached hydrogen (secondary N) is 1. The molecule has 3 aromatic carbocycles. The second-order valence-corrected chi connectivity index (χ2v) is 7.99. The minimum absolute atomic E-state index is 0.110. The van der Waals surface area contributed by atoms with E-state index in [0.717, 1.165) is 48.3 Å². The number of amides is 1. The average Bonchev–Trinajstić information content (AvgIpc) is 2.83. The molecule has 1 amide bonds. The van der Waals surface area contributed by atoms with Crippen LogP contribution in [0.15, 0.2) is 78.9 Å². The summed E-state index contributed by atoms with van der Waals surface area (Å²) >= 11 is 0. The van der Waals surface area contributed by atoms with Crippen molar-refractivity contribution in [3.8, 4) is 0 Å². The number of hydrogen-bond donors (Lipinski definition) is 1. The van der Waals surface area contributed by atoms with Crippen molar-refractivity contribution in [1.29, 1.82) is 0 Å². The first kappa shape index (κ1) is 19.3. The number of pyridine rings is 1. The van der Waals surface area contributed by atoms with Gasteiger partial charge in [-0.1, -0.05) is 61.5 Å². The van der Waals surface area contributed by atoms with Crippen molar-refractivity contribution in [2.75, 3.05) is 16.8 Å². The number of para-hydroxylation sites is 1. The zero-order valence-electron chi connectivity index (χ0n) is 17.6. The van der Waals surface area contributed by atoms with Crippen molar-refractivity contribution in [3.05, 3.63) is 101 Å². The SMILES string of the molecule is CCc1ccc(NC(=O)c2cc(N3CCc4ccccc4C3)nc3ccccc23)cc1. The molecule has 0 aliphatic carbocycles. The van der Waals surface area contributed by atoms with Crippen LogP contribution in [0.3, 0.4) is 0 Å². The molecule has 1 aliphatic rings. The molecule has 0 radical (unpaired) electrons. The lowest BCUT2D eigenvalue weighted by atomic mass is 9.99. The van der Waals surface area contributed by atoms with Crippen LogP contribution in [-0.4, -0.2) is 17.4 Å². The second kappa shape index (κ2) is 8.23. The molecule has 2 heterocycles. The van der Waals surface area contributed by atoms with Gasteiger partial charge in [-0.25, -0.2) is 4.98 Å². The molecule has 1 aromatic heterocycles. The van der Waals surface area contributed by atoms with Crippen LogP contribution in [0.25, 0.3) is 10.9 Å². The van der Waals surface area contributed by atoms with E-state index in [1.54, 1.807) is 0 Å². The Labute approximate surface area is 182 Å². The summed E-state index contributed by atoms with van der Waals surface area (Å²) in [6.45, 7) is 3.82. The van der Waals surface area contributed by atoms with E-state index in [1.165, 1.54) is 16.7 Å². The number of anilines is 2. The van der Waals surface area contributed by atoms with Crippen LogP contribution in [0, 0.1) is 0 Å². The van der Waals surface area contributed by atoms with Gasteiger partial charge in [-0.2, -0.15) is 0 Å². The summed E-state index contributed by atoms with van der Waals surface area (Å²) in [7, 11) is 0. The molecule has 0 fully saturated rings. The van der Waals surface area contributed by atoms with E-state index >= 15 is 0 Å². The predicted molar refractivity (Wildman–Crippen MR) is 127 cm³/mol. The zero-order chi connectivity index (χ0) is 21.2. The van der Waals surface area contributed by atoms with Crippen LogP contribution in [0.4, 0.5) is 11.5 Å². The molecule has 154 valence electrons. The maximum absolute atomic E-state index is 13.3. The van der Waals surface area contributed by atoms with E-state index < -0.39 is 0 Å². The van der Waals surface area contributed by atoms with Crippen LogP contribution >= 0.6 is 0 Å². The Balaban J connectivity index is 1.49. The van der Waals surface area contributed by atoms with E-state index in [9.17, 15) is 4.79 Å². The van der Waals surface area contributed by atoms with Crippen LogP contribution < -0.4 is 10.2 Å². The Morgan fingerprint density at radius 3 is 2.52 bits per heavy atom. The van der Waals surface area contributed by atoms with Gasteiger partial charge in [0.15, 0.2) is 0 Å². The number of carbonyl (C=O) groups excluding carboxylic acids is 1. The fourth-order valence-electron chi connectivity index (χ4n) is 4.22. The number of fused-ring (bicyclic) bond motifs is 2. The van der Waals surface area contributed by atoms with E-state index in [4.69, 9.17) is 4.98 Å². The molecule has 0 spiro atoms. The Kier molecular flexibility index (Phi) is 5.13. The summed E-state index contributed by atoms with van der Waals surface area (Å²) in [4.78, 5) is 20.4. The molecule has 1 N–H and O–H groups in total. The molecule has 4 heteroatoms. The Bertz CT molecular complexity index is 1250. The van der Waals surface area contributed by atoms with E-state index in [0.29, 0.717) is 5.56 Å². The maximum Gasteiger partial charge on any atom is 0.256 e. The molecule has 4 nitrogen and oxygen atoms in total. The fourth-order valence-corrected chi connectivity index (χ4v) is 4.22. The molecule has 5 rings (SSSR count). The highest BCUT2D eigenvalue weighted by Crippen LogP contribution is 2.28. The standard InChI is InChI=1S/C27H25N3O/c1-2-19-11-13-22(14-12-19)28-27(31)24-17-26(29-25-10-6-5-9-23(24)25)30-16-15-20-7-3-4-8-21(20)18-30/h3-14,17H,2,15-16,18H2,1H3,(H,28,31). The van der Waals surface area contributed by atoms with Gasteiger partial charge in [-0.05, 0) is 53.8 Å². The van der Waals surface area contributed by atoms with Gasteiger partial charge in [0.1, 0.15) is 5.82 Å². The van der Waals surface area contributed by atoms with Gasteiger partial charge in [0.2, 0.25) is 0 Å². The van der Waals surface area contributed by atoms with Gasteiger partial charge < -0.3 is 10.2 Å². The number of aryl methyl sites for hydroxylation is 1. The van der Waals surface area contributed by atoms with Gasteiger partial charge in [-0.3, -0.25) is 4.79 Å². The molecule has 31 heavy (non-hydrogen) atoms. The summed E-state index contributed by atoms with van der Waals surface area (Å²) in [5, 5.41) is 3.93. The summed E-state index contributed by atoms with van der Waals surface area (Å²) < 4.78 is 0. The van der Waals surface area contributed by atoms with Crippen molar-refractivity contribution in [2.24, 2.45) is 0 Å². The van der Waals surface area contributed by atoms with E-state index in [1.807, 2.05) is 42.5 Å². The van der Waals surface area contributed by atoms with Crippen LogP contribution in [0.2, 0.25) is 0 Å². The first-order valence-electron chi connectivity index (χ1n) is 10.8. The molecular weight excluding hydrogens is 382 g/mol. The topological polar surface area (TPSA) is 45.2 Å². The van der Waals surface area contributed by atoms with Gasteiger partial charge >= 0.3 is 0 Å². The molecule has 0 saturated carbocycles. The number of nitrogens with zero attached hydrogens (tertiary/aromatic N) is 2. The number of rotatable bonds is 4. The molecular formula is C27H25N3O. The van der Waals surface area contributed by atoms with E-state index in [-0.39, 0.29) is 5.91 Å². The highest BCUT2D eigenvalue weighted by Gasteiger charge is 2.20. The summed E-state index contributed by atoms with van der Waals surface area (Å²) in [5.74, 6) is 0.737. The minimum atomic E-state index is -0.110. The van der Waals surface area contributed by atoms with Crippen LogP contribution in [0.1, 0.15) is 34.0 Å². The molecule has 1 aliphatic heterocycles. The Morgan fingerprint density at radius 2 is 1.71 bits per heavy atom. The molecule has 4 aromatic rings. The summed E-state index contributed by atoms with van der Waals surface area (Å²) in [6, 6.07) is 26.4. The number of benzene rings is 3. The third-order valence-electron chi connectivity index (χ3n) is 6.02. The number of aromatic nitrogens is 1. The number of hydrogen-bond acceptors (Lipinski definition) is 3. The van der Waals surface area contributed by atoms with Gasteiger partial charge in [0.05, 0.1) is 11.1 Å². The largest absolute Gasteiger partial charge is 0.352 e. The van der Waals surface area contributed by atoms with Crippen molar-refractivity contribution in [3.63, 3.8) is 0 Å². The molecule has 0 unspecified atom stereocenters. The molecule has 0 saturated heterocycles. The van der Waals surface area contributed by atoms with Gasteiger partial charge in [-0.15, -0.1) is 0 Å². The highest BCUT2D eigenvalue weighted by atomic mass is 16.1. The molecule has 0 bridgehead atoms. The Morgan fingerprint density at radius 1 is 0.968 bits per heavy atom. The minimum Gasteiger partial charge on any atom is -0.352 e. The third kappa shape index (κ3) is 3.89. The fraction of sp³-hybridized carbons (Fsp3) is 0.185. The van der Waals surface area contributed by atoms with Crippen LogP contribution in [-0.2, 0) is 19.4 Å². The third-order valence-corrected chi connectivity index (χ3v) is 6.02. The molecule has 0 atom stereocenters. The van der Waals surface area contributed by atoms with Crippen molar-refractivity contribution in [1.82, 2.24) is 4.98 Å². The lowest BCUT2D eigenvalue weighted by Crippen LogP contribution is -2.31. The first-order chi connectivity index (χ1) is 15.2. The monoisotopic (exact) mass is 407 g/mol. The van der Waals surface area contributed by atoms with Crippen molar-refractivity contribution in [2.45, 2.75) is 26.3 Å². The highest BCUT2D eigenvalue weighted by molar-refractivity contribution is 6.13. The summed E-state index contributed by atoms with van der Waals surface area (Å²) in [6.07, 6.45) is 1.96. The van der Waals surface area contributed by atoms with Crippen LogP contribution in [0.5, 0.6) is 0 Å². The smallest absolute Gasteiger partial charge is 0.256 e. The van der Waals surface area contributed by atoms with Crippen molar-refractivity contribution < 1.29 is 4.79 Å². The van der Waals surface area contributed by atoms with Gasteiger partial charge in [0.25, 0.3) is 5.91 Å². The van der Waals surface area contributed by atoms with E-state index in [2.05, 4.69) is 53.5 Å². The van der Waals surface area contributed by atoms with Crippen molar-refractivity contribution >= 4 is 28.3 Å². The lowest BCUT2D eigenvalue weighted by molar-refractivity contribution is 0.102.